The molecule has 0 spiro atoms. The largest absolute Gasteiger partial charge is 0.298 e. The van der Waals surface area contributed by atoms with E-state index in [4.69, 9.17) is 0 Å². The number of rotatable bonds is 4. The minimum Gasteiger partial charge on any atom is -0.298 e. The number of carbonyl (C=O) groups is 1. The first-order chi connectivity index (χ1) is 11.0. The van der Waals surface area contributed by atoms with E-state index in [-0.39, 0.29) is 11.9 Å². The van der Waals surface area contributed by atoms with Crippen LogP contribution in [0.4, 0.5) is 5.13 Å². The van der Waals surface area contributed by atoms with Crippen LogP contribution in [0.2, 0.25) is 0 Å². The molecule has 2 aromatic heterocycles. The molecule has 0 aliphatic heterocycles. The zero-order valence-corrected chi connectivity index (χ0v) is 13.8. The summed E-state index contributed by atoms with van der Waals surface area (Å²) in [5, 5.41) is 17.6. The van der Waals surface area contributed by atoms with Crippen molar-refractivity contribution in [3.8, 4) is 11.4 Å². The highest BCUT2D eigenvalue weighted by Gasteiger charge is 2.11. The third-order valence-electron chi connectivity index (χ3n) is 3.13. The lowest BCUT2D eigenvalue weighted by Gasteiger charge is -2.02. The lowest BCUT2D eigenvalue weighted by atomic mass is 10.1. The predicted octanol–water partition coefficient (Wildman–Crippen LogP) is 2.94. The molecule has 3 aromatic rings. The molecule has 3 rings (SSSR count). The molecule has 7 nitrogen and oxygen atoms in total. The first kappa shape index (κ1) is 15.3. The van der Waals surface area contributed by atoms with Gasteiger partial charge in [0.1, 0.15) is 0 Å². The fraction of sp³-hybridized carbons (Fsp3) is 0.267. The number of nitrogens with zero attached hydrogens (tertiary/aromatic N) is 5. The van der Waals surface area contributed by atoms with Crippen molar-refractivity contribution < 1.29 is 4.79 Å². The van der Waals surface area contributed by atoms with E-state index < -0.39 is 0 Å². The minimum absolute atomic E-state index is 0.156. The third kappa shape index (κ3) is 3.42. The standard InChI is InChI=1S/C15H16N6OS/c1-9(2)21-19-13(18-20-21)11-4-6-12(7-5-11)14(22)17-15-16-10(3)8-23-15/h4-9H,1-3H3,(H,16,17,22). The molecule has 1 amide bonds. The van der Waals surface area contributed by atoms with Gasteiger partial charge >= 0.3 is 0 Å². The topological polar surface area (TPSA) is 85.6 Å². The molecule has 0 bridgehead atoms. The molecule has 0 fully saturated rings. The second kappa shape index (κ2) is 6.25. The molecule has 118 valence electrons. The van der Waals surface area contributed by atoms with Crippen LogP contribution in [0.3, 0.4) is 0 Å². The smallest absolute Gasteiger partial charge is 0.257 e. The molecule has 0 saturated heterocycles. The summed E-state index contributed by atoms with van der Waals surface area (Å²) in [6, 6.07) is 7.25. The fourth-order valence-corrected chi connectivity index (χ4v) is 2.59. The van der Waals surface area contributed by atoms with Crippen LogP contribution in [-0.4, -0.2) is 31.1 Å². The number of carbonyl (C=O) groups excluding carboxylic acids is 1. The van der Waals surface area contributed by atoms with Gasteiger partial charge in [-0.3, -0.25) is 10.1 Å². The molecule has 0 saturated carbocycles. The number of aryl methyl sites for hydroxylation is 1. The summed E-state index contributed by atoms with van der Waals surface area (Å²) in [5.74, 6) is 0.353. The second-order valence-corrected chi connectivity index (χ2v) is 6.21. The molecule has 1 N–H and O–H groups in total. The number of thiazole rings is 1. The number of tetrazole rings is 1. The van der Waals surface area contributed by atoms with Gasteiger partial charge in [0.15, 0.2) is 5.13 Å². The van der Waals surface area contributed by atoms with Crippen LogP contribution >= 0.6 is 11.3 Å². The van der Waals surface area contributed by atoms with Gasteiger partial charge in [0.2, 0.25) is 5.82 Å². The van der Waals surface area contributed by atoms with Gasteiger partial charge in [-0.25, -0.2) is 4.98 Å². The number of benzene rings is 1. The zero-order chi connectivity index (χ0) is 16.4. The Labute approximate surface area is 137 Å². The van der Waals surface area contributed by atoms with Crippen LogP contribution in [0.5, 0.6) is 0 Å². The molecule has 23 heavy (non-hydrogen) atoms. The maximum Gasteiger partial charge on any atom is 0.257 e. The molecule has 1 aromatic carbocycles. The van der Waals surface area contributed by atoms with Gasteiger partial charge in [-0.1, -0.05) is 12.1 Å². The van der Waals surface area contributed by atoms with Gasteiger partial charge in [-0.05, 0) is 38.1 Å². The Kier molecular flexibility index (Phi) is 4.16. The molecule has 8 heteroatoms. The summed E-state index contributed by atoms with van der Waals surface area (Å²) >= 11 is 1.40. The highest BCUT2D eigenvalue weighted by Crippen LogP contribution is 2.18. The number of nitrogens with one attached hydrogen (secondary N) is 1. The van der Waals surface area contributed by atoms with Crippen molar-refractivity contribution in [1.82, 2.24) is 25.2 Å². The number of aromatic nitrogens is 5. The van der Waals surface area contributed by atoms with Crippen LogP contribution in [-0.2, 0) is 0 Å². The SMILES string of the molecule is Cc1csc(NC(=O)c2ccc(-c3nnn(C(C)C)n3)cc2)n1. The monoisotopic (exact) mass is 328 g/mol. The van der Waals surface area contributed by atoms with Crippen LogP contribution in [0.1, 0.15) is 35.9 Å². The highest BCUT2D eigenvalue weighted by molar-refractivity contribution is 7.13. The Morgan fingerprint density at radius 3 is 2.57 bits per heavy atom. The van der Waals surface area contributed by atoms with E-state index in [2.05, 4.69) is 25.7 Å². The fourth-order valence-electron chi connectivity index (χ4n) is 1.91. The van der Waals surface area contributed by atoms with Crippen molar-refractivity contribution in [2.75, 3.05) is 5.32 Å². The molecule has 0 aliphatic carbocycles. The van der Waals surface area contributed by atoms with Crippen molar-refractivity contribution in [3.63, 3.8) is 0 Å². The molecule has 0 radical (unpaired) electrons. The summed E-state index contributed by atoms with van der Waals surface area (Å²) in [6.45, 7) is 5.86. The summed E-state index contributed by atoms with van der Waals surface area (Å²) in [4.78, 5) is 17.9. The van der Waals surface area contributed by atoms with Gasteiger partial charge in [0.25, 0.3) is 5.91 Å². The van der Waals surface area contributed by atoms with Crippen LogP contribution < -0.4 is 5.32 Å². The van der Waals surface area contributed by atoms with Crippen molar-refractivity contribution in [2.45, 2.75) is 26.8 Å². The first-order valence-electron chi connectivity index (χ1n) is 7.16. The summed E-state index contributed by atoms with van der Waals surface area (Å²) < 4.78 is 0. The summed E-state index contributed by atoms with van der Waals surface area (Å²) in [6.07, 6.45) is 0. The number of hydrogen-bond acceptors (Lipinski definition) is 6. The molecule has 2 heterocycles. The van der Waals surface area contributed by atoms with Crippen LogP contribution in [0.15, 0.2) is 29.6 Å². The van der Waals surface area contributed by atoms with Crippen molar-refractivity contribution in [1.29, 1.82) is 0 Å². The van der Waals surface area contributed by atoms with Gasteiger partial charge in [-0.15, -0.1) is 21.5 Å². The quantitative estimate of drug-likeness (QED) is 0.796. The van der Waals surface area contributed by atoms with Crippen molar-refractivity contribution in [3.05, 3.63) is 40.9 Å². The van der Waals surface area contributed by atoms with Crippen molar-refractivity contribution >= 4 is 22.4 Å². The lowest BCUT2D eigenvalue weighted by molar-refractivity contribution is 0.102. The van der Waals surface area contributed by atoms with E-state index in [1.54, 1.807) is 16.9 Å². The normalized spacial score (nSPS) is 11.0. The van der Waals surface area contributed by atoms with E-state index >= 15 is 0 Å². The van der Waals surface area contributed by atoms with E-state index in [0.717, 1.165) is 11.3 Å². The lowest BCUT2D eigenvalue weighted by Crippen LogP contribution is -2.11. The minimum atomic E-state index is -0.190. The van der Waals surface area contributed by atoms with E-state index in [1.165, 1.54) is 11.3 Å². The van der Waals surface area contributed by atoms with Crippen LogP contribution in [0, 0.1) is 6.92 Å². The third-order valence-corrected chi connectivity index (χ3v) is 4.01. The Bertz CT molecular complexity index is 821. The molecule has 0 aliphatic rings. The van der Waals surface area contributed by atoms with Gasteiger partial charge in [0, 0.05) is 16.5 Å². The number of amides is 1. The number of anilines is 1. The average molecular weight is 328 g/mol. The van der Waals surface area contributed by atoms with Crippen LogP contribution in [0.25, 0.3) is 11.4 Å². The Morgan fingerprint density at radius 2 is 2.00 bits per heavy atom. The average Bonchev–Trinajstić information content (AvgIpc) is 3.17. The highest BCUT2D eigenvalue weighted by atomic mass is 32.1. The Hall–Kier alpha value is -2.61. The summed E-state index contributed by atoms with van der Waals surface area (Å²) in [5.41, 5.74) is 2.26. The maximum absolute atomic E-state index is 12.2. The van der Waals surface area contributed by atoms with Crippen molar-refractivity contribution in [2.24, 2.45) is 0 Å². The first-order valence-corrected chi connectivity index (χ1v) is 8.04. The van der Waals surface area contributed by atoms with Gasteiger partial charge in [-0.2, -0.15) is 4.80 Å². The molecule has 0 unspecified atom stereocenters. The van der Waals surface area contributed by atoms with E-state index in [1.807, 2.05) is 38.3 Å². The zero-order valence-electron chi connectivity index (χ0n) is 13.0. The van der Waals surface area contributed by atoms with E-state index in [0.29, 0.717) is 16.5 Å². The Morgan fingerprint density at radius 1 is 1.26 bits per heavy atom. The second-order valence-electron chi connectivity index (χ2n) is 5.35. The maximum atomic E-state index is 12.2. The van der Waals surface area contributed by atoms with E-state index in [9.17, 15) is 4.79 Å². The van der Waals surface area contributed by atoms with Gasteiger partial charge < -0.3 is 0 Å². The molecule has 0 atom stereocenters. The number of hydrogen-bond donors (Lipinski definition) is 1. The Balaban J connectivity index is 1.74. The predicted molar refractivity (Wildman–Crippen MR) is 88.4 cm³/mol. The summed E-state index contributed by atoms with van der Waals surface area (Å²) in [7, 11) is 0. The molecular weight excluding hydrogens is 312 g/mol. The molecular formula is C15H16N6OS. The van der Waals surface area contributed by atoms with Gasteiger partial charge in [0.05, 0.1) is 11.7 Å².